The largest absolute Gasteiger partial charge is 0.474 e. The Bertz CT molecular complexity index is 1560. The van der Waals surface area contributed by atoms with Crippen LogP contribution < -0.4 is 9.46 Å². The summed E-state index contributed by atoms with van der Waals surface area (Å²) in [5, 5.41) is 0. The first-order chi connectivity index (χ1) is 17.4. The summed E-state index contributed by atoms with van der Waals surface area (Å²) in [6.45, 7) is 4.04. The molecule has 0 spiro atoms. The van der Waals surface area contributed by atoms with Gasteiger partial charge in [0.1, 0.15) is 6.10 Å². The van der Waals surface area contributed by atoms with Crippen molar-refractivity contribution >= 4 is 16.0 Å². The monoisotopic (exact) mass is 497 g/mol. The van der Waals surface area contributed by atoms with Gasteiger partial charge < -0.3 is 4.74 Å². The molecule has 0 radical (unpaired) electrons. The molecular formula is C29H27N3O3S. The molecule has 1 aromatic heterocycles. The molecule has 2 heterocycles. The molecule has 1 unspecified atom stereocenters. The van der Waals surface area contributed by atoms with Crippen LogP contribution in [0.4, 0.5) is 5.95 Å². The fourth-order valence-corrected chi connectivity index (χ4v) is 6.46. The zero-order valence-electron chi connectivity index (χ0n) is 20.2. The fourth-order valence-electron chi connectivity index (χ4n) is 5.46. The molecule has 1 aliphatic carbocycles. The van der Waals surface area contributed by atoms with E-state index in [0.29, 0.717) is 11.6 Å². The van der Waals surface area contributed by atoms with E-state index < -0.39 is 10.0 Å². The molecule has 6 bridgehead atoms. The number of aryl methyl sites for hydroxylation is 2. The van der Waals surface area contributed by atoms with Crippen LogP contribution in [0.25, 0.3) is 11.3 Å². The fraction of sp³-hybridized carbons (Fsp3) is 0.241. The van der Waals surface area contributed by atoms with E-state index in [0.717, 1.165) is 41.5 Å². The summed E-state index contributed by atoms with van der Waals surface area (Å²) in [5.74, 6) is 0.488. The maximum Gasteiger partial charge on any atom is 0.264 e. The molecular weight excluding hydrogens is 470 g/mol. The summed E-state index contributed by atoms with van der Waals surface area (Å²) >= 11 is 0. The Morgan fingerprint density at radius 1 is 0.861 bits per heavy atom. The second kappa shape index (κ2) is 8.75. The van der Waals surface area contributed by atoms with Gasteiger partial charge in [-0.2, -0.15) is 4.98 Å². The number of fused-ring (bicyclic) bond motifs is 8. The zero-order valence-corrected chi connectivity index (χ0v) is 21.0. The number of benzene rings is 3. The van der Waals surface area contributed by atoms with Crippen molar-refractivity contribution in [2.75, 3.05) is 4.72 Å². The Morgan fingerprint density at radius 3 is 2.36 bits per heavy atom. The van der Waals surface area contributed by atoms with Crippen LogP contribution >= 0.6 is 0 Å². The van der Waals surface area contributed by atoms with Gasteiger partial charge in [-0.25, -0.2) is 18.1 Å². The van der Waals surface area contributed by atoms with Crippen LogP contribution in [0.2, 0.25) is 0 Å². The summed E-state index contributed by atoms with van der Waals surface area (Å²) in [7, 11) is -3.89. The first-order valence-corrected chi connectivity index (χ1v) is 13.7. The maximum absolute atomic E-state index is 13.4. The molecule has 0 amide bonds. The molecule has 2 atom stereocenters. The molecule has 0 saturated heterocycles. The molecule has 1 N–H and O–H groups in total. The number of nitrogens with zero attached hydrogens (tertiary/aromatic N) is 2. The Labute approximate surface area is 211 Å². The van der Waals surface area contributed by atoms with Gasteiger partial charge in [-0.3, -0.25) is 0 Å². The van der Waals surface area contributed by atoms with E-state index >= 15 is 0 Å². The highest BCUT2D eigenvalue weighted by Gasteiger charge is 2.29. The minimum Gasteiger partial charge on any atom is -0.474 e. The van der Waals surface area contributed by atoms with Crippen molar-refractivity contribution in [3.63, 3.8) is 0 Å². The van der Waals surface area contributed by atoms with Gasteiger partial charge >= 0.3 is 0 Å². The standard InChI is InChI=1S/C29H27N3O3S/c1-18-7-5-8-19(2)28(18)26-17-27-31-29(30-26)32-36(33,34)25-12-6-11-22(16-25)23-13-20-9-3-4-10-21(20)14-24(15-23)35-27/h3-12,16-17,23-24H,13-15H2,1-2H3,(H,30,31,32)/t23?,24-/m1/s1. The number of anilines is 1. The van der Waals surface area contributed by atoms with E-state index in [2.05, 4.69) is 39.0 Å². The minimum absolute atomic E-state index is 0.00158. The molecule has 6 nitrogen and oxygen atoms in total. The summed E-state index contributed by atoms with van der Waals surface area (Å²) in [4.78, 5) is 9.32. The first-order valence-electron chi connectivity index (χ1n) is 12.2. The Hall–Kier alpha value is -3.71. The quantitative estimate of drug-likeness (QED) is 0.371. The smallest absolute Gasteiger partial charge is 0.264 e. The van der Waals surface area contributed by atoms with E-state index in [4.69, 9.17) is 4.74 Å². The van der Waals surface area contributed by atoms with Crippen LogP contribution in [0, 0.1) is 13.8 Å². The van der Waals surface area contributed by atoms with Crippen molar-refractivity contribution < 1.29 is 13.2 Å². The zero-order chi connectivity index (χ0) is 24.9. The van der Waals surface area contributed by atoms with Gasteiger partial charge in [0.2, 0.25) is 11.8 Å². The average molecular weight is 498 g/mol. The van der Waals surface area contributed by atoms with Crippen molar-refractivity contribution in [3.8, 4) is 17.1 Å². The predicted molar refractivity (Wildman–Crippen MR) is 140 cm³/mol. The van der Waals surface area contributed by atoms with Crippen LogP contribution in [0.3, 0.4) is 0 Å². The van der Waals surface area contributed by atoms with Gasteiger partial charge in [0.25, 0.3) is 10.0 Å². The van der Waals surface area contributed by atoms with Crippen LogP contribution in [0.15, 0.2) is 77.7 Å². The molecule has 3 aromatic carbocycles. The number of hydrogen-bond donors (Lipinski definition) is 1. The number of sulfonamides is 1. The van der Waals surface area contributed by atoms with E-state index in [1.54, 1.807) is 12.1 Å². The maximum atomic E-state index is 13.4. The number of hydrogen-bond acceptors (Lipinski definition) is 5. The molecule has 6 rings (SSSR count). The van der Waals surface area contributed by atoms with Crippen LogP contribution in [0.5, 0.6) is 5.88 Å². The summed E-state index contributed by atoms with van der Waals surface area (Å²) in [5.41, 5.74) is 7.19. The van der Waals surface area contributed by atoms with E-state index in [1.165, 1.54) is 11.1 Å². The summed E-state index contributed by atoms with van der Waals surface area (Å²) in [6, 6.07) is 23.5. The first kappa shape index (κ1) is 22.7. The van der Waals surface area contributed by atoms with Crippen molar-refractivity contribution in [1.29, 1.82) is 0 Å². The minimum atomic E-state index is -3.89. The lowest BCUT2D eigenvalue weighted by atomic mass is 9.89. The molecule has 2 aliphatic rings. The predicted octanol–water partition coefficient (Wildman–Crippen LogP) is 5.59. The molecule has 1 aliphatic heterocycles. The third kappa shape index (κ3) is 4.24. The Kier molecular flexibility index (Phi) is 5.52. The molecule has 4 aromatic rings. The van der Waals surface area contributed by atoms with Crippen molar-refractivity contribution in [2.45, 2.75) is 50.0 Å². The second-order valence-corrected chi connectivity index (χ2v) is 11.4. The van der Waals surface area contributed by atoms with Crippen LogP contribution in [-0.2, 0) is 22.9 Å². The molecule has 0 saturated carbocycles. The molecule has 7 heteroatoms. The number of aromatic nitrogens is 2. The lowest BCUT2D eigenvalue weighted by Crippen LogP contribution is -2.23. The lowest BCUT2D eigenvalue weighted by Gasteiger charge is -2.23. The van der Waals surface area contributed by atoms with Crippen molar-refractivity contribution in [2.24, 2.45) is 0 Å². The van der Waals surface area contributed by atoms with E-state index in [1.807, 2.05) is 50.2 Å². The highest BCUT2D eigenvalue weighted by atomic mass is 32.2. The highest BCUT2D eigenvalue weighted by molar-refractivity contribution is 7.92. The second-order valence-electron chi connectivity index (χ2n) is 9.71. The Morgan fingerprint density at radius 2 is 1.58 bits per heavy atom. The lowest BCUT2D eigenvalue weighted by molar-refractivity contribution is 0.177. The van der Waals surface area contributed by atoms with Gasteiger partial charge in [-0.05, 0) is 72.6 Å². The van der Waals surface area contributed by atoms with Crippen LogP contribution in [0.1, 0.15) is 40.2 Å². The Balaban J connectivity index is 1.55. The topological polar surface area (TPSA) is 81.2 Å². The summed E-state index contributed by atoms with van der Waals surface area (Å²) in [6.07, 6.45) is 2.22. The van der Waals surface area contributed by atoms with Gasteiger partial charge in [0, 0.05) is 18.1 Å². The van der Waals surface area contributed by atoms with Gasteiger partial charge in [0.15, 0.2) is 0 Å². The van der Waals surface area contributed by atoms with Crippen molar-refractivity contribution in [1.82, 2.24) is 9.97 Å². The third-order valence-corrected chi connectivity index (χ3v) is 8.50. The number of ether oxygens (including phenoxy) is 1. The van der Waals surface area contributed by atoms with E-state index in [-0.39, 0.29) is 22.9 Å². The van der Waals surface area contributed by atoms with Crippen LogP contribution in [-0.4, -0.2) is 24.5 Å². The molecule has 0 fully saturated rings. The van der Waals surface area contributed by atoms with Gasteiger partial charge in [-0.1, -0.05) is 54.6 Å². The number of nitrogens with one attached hydrogen (secondary N) is 1. The van der Waals surface area contributed by atoms with Crippen molar-refractivity contribution in [3.05, 3.63) is 101 Å². The molecule has 36 heavy (non-hydrogen) atoms. The third-order valence-electron chi connectivity index (χ3n) is 7.17. The average Bonchev–Trinajstić information content (AvgIpc) is 3.02. The SMILES string of the molecule is Cc1cccc(C)c1-c1cc2nc(n1)NS(=O)(=O)c1cccc(c1)C1Cc3ccccc3C[C@H](C1)O2. The normalized spacial score (nSPS) is 19.9. The number of rotatable bonds is 1. The highest BCUT2D eigenvalue weighted by Crippen LogP contribution is 2.36. The van der Waals surface area contributed by atoms with Gasteiger partial charge in [-0.15, -0.1) is 0 Å². The van der Waals surface area contributed by atoms with E-state index in [9.17, 15) is 8.42 Å². The summed E-state index contributed by atoms with van der Waals surface area (Å²) < 4.78 is 35.9. The van der Waals surface area contributed by atoms with Gasteiger partial charge in [0.05, 0.1) is 10.6 Å². The molecule has 182 valence electrons.